The quantitative estimate of drug-likeness (QED) is 0.839. The Morgan fingerprint density at radius 1 is 1.26 bits per heavy atom. The summed E-state index contributed by atoms with van der Waals surface area (Å²) in [6, 6.07) is 9.40. The van der Waals surface area contributed by atoms with E-state index >= 15 is 0 Å². The van der Waals surface area contributed by atoms with Gasteiger partial charge in [0.15, 0.2) is 0 Å². The Bertz CT molecular complexity index is 491. The van der Waals surface area contributed by atoms with E-state index in [2.05, 4.69) is 43.0 Å². The molecule has 1 aromatic carbocycles. The van der Waals surface area contributed by atoms with E-state index in [1.165, 1.54) is 11.1 Å². The molecule has 1 N–H and O–H groups in total. The van der Waals surface area contributed by atoms with Crippen LogP contribution in [0.15, 0.2) is 24.3 Å². The van der Waals surface area contributed by atoms with E-state index in [1.54, 1.807) is 0 Å². The molecule has 0 atom stereocenters. The van der Waals surface area contributed by atoms with Crippen LogP contribution >= 0.6 is 0 Å². The molecule has 1 aliphatic rings. The van der Waals surface area contributed by atoms with Gasteiger partial charge in [-0.1, -0.05) is 38.1 Å². The van der Waals surface area contributed by atoms with Crippen LogP contribution in [0.5, 0.6) is 0 Å². The highest BCUT2D eigenvalue weighted by Gasteiger charge is 2.23. The third-order valence-electron chi connectivity index (χ3n) is 4.93. The van der Waals surface area contributed by atoms with E-state index in [4.69, 9.17) is 5.11 Å². The van der Waals surface area contributed by atoms with Gasteiger partial charge >= 0.3 is 5.97 Å². The molecule has 1 fully saturated rings. The number of carbonyl (C=O) groups is 1. The maximum Gasteiger partial charge on any atom is 0.317 e. The van der Waals surface area contributed by atoms with Crippen molar-refractivity contribution in [2.75, 3.05) is 33.2 Å². The molecular formula is C19H30N2O2. The summed E-state index contributed by atoms with van der Waals surface area (Å²) in [6.45, 7) is 7.82. The summed E-state index contributed by atoms with van der Waals surface area (Å²) >= 11 is 0. The molecular weight excluding hydrogens is 288 g/mol. The number of benzene rings is 1. The minimum absolute atomic E-state index is 0.146. The van der Waals surface area contributed by atoms with E-state index in [1.807, 2.05) is 11.9 Å². The lowest BCUT2D eigenvalue weighted by Crippen LogP contribution is -2.45. The summed E-state index contributed by atoms with van der Waals surface area (Å²) in [5.74, 6) is -0.148. The van der Waals surface area contributed by atoms with Gasteiger partial charge in [0.1, 0.15) is 0 Å². The van der Waals surface area contributed by atoms with Crippen molar-refractivity contribution in [3.8, 4) is 0 Å². The predicted molar refractivity (Wildman–Crippen MR) is 94.0 cm³/mol. The van der Waals surface area contributed by atoms with Gasteiger partial charge < -0.3 is 10.0 Å². The van der Waals surface area contributed by atoms with E-state index in [0.29, 0.717) is 12.0 Å². The molecule has 4 nitrogen and oxygen atoms in total. The van der Waals surface area contributed by atoms with E-state index in [9.17, 15) is 4.79 Å². The number of likely N-dealkylation sites (tertiary alicyclic amines) is 1. The topological polar surface area (TPSA) is 43.8 Å². The van der Waals surface area contributed by atoms with Crippen molar-refractivity contribution in [3.05, 3.63) is 35.4 Å². The molecule has 0 amide bonds. The number of hydrogen-bond donors (Lipinski definition) is 1. The molecule has 1 aromatic rings. The highest BCUT2D eigenvalue weighted by Crippen LogP contribution is 2.17. The Hall–Kier alpha value is -1.39. The third kappa shape index (κ3) is 5.63. The number of carboxylic acid groups (broad SMARTS) is 1. The molecule has 0 unspecified atom stereocenters. The largest absolute Gasteiger partial charge is 0.480 e. The lowest BCUT2D eigenvalue weighted by atomic mass is 10.00. The van der Waals surface area contributed by atoms with Gasteiger partial charge in [-0.15, -0.1) is 0 Å². The molecule has 2 rings (SSSR count). The van der Waals surface area contributed by atoms with E-state index in [0.717, 1.165) is 38.9 Å². The van der Waals surface area contributed by atoms with Crippen LogP contribution in [0, 0.1) is 0 Å². The van der Waals surface area contributed by atoms with Crippen molar-refractivity contribution in [2.45, 2.75) is 45.1 Å². The molecule has 1 heterocycles. The van der Waals surface area contributed by atoms with Gasteiger partial charge in [-0.2, -0.15) is 0 Å². The fourth-order valence-corrected chi connectivity index (χ4v) is 3.28. The van der Waals surface area contributed by atoms with Gasteiger partial charge in [-0.3, -0.25) is 9.69 Å². The maximum atomic E-state index is 10.8. The fourth-order valence-electron chi connectivity index (χ4n) is 3.28. The van der Waals surface area contributed by atoms with Crippen LogP contribution in [-0.4, -0.2) is 60.1 Å². The molecule has 0 radical (unpaired) electrons. The number of nitrogens with zero attached hydrogens (tertiary/aromatic N) is 2. The summed E-state index contributed by atoms with van der Waals surface area (Å²) in [5, 5.41) is 8.88. The predicted octanol–water partition coefficient (Wildman–Crippen LogP) is 2.83. The summed E-state index contributed by atoms with van der Waals surface area (Å²) in [5.41, 5.74) is 2.80. The smallest absolute Gasteiger partial charge is 0.317 e. The van der Waals surface area contributed by atoms with Crippen LogP contribution in [0.25, 0.3) is 0 Å². The Labute approximate surface area is 140 Å². The molecule has 0 spiro atoms. The van der Waals surface area contributed by atoms with Crippen LogP contribution in [0.2, 0.25) is 0 Å². The average Bonchev–Trinajstić information content (AvgIpc) is 2.53. The van der Waals surface area contributed by atoms with Crippen molar-refractivity contribution < 1.29 is 9.90 Å². The van der Waals surface area contributed by atoms with Crippen LogP contribution in [0.4, 0.5) is 0 Å². The second-order valence-corrected chi connectivity index (χ2v) is 7.03. The normalized spacial score (nSPS) is 17.1. The number of likely N-dealkylation sites (N-methyl/N-ethyl adjacent to an activating group) is 1. The van der Waals surface area contributed by atoms with E-state index in [-0.39, 0.29) is 6.54 Å². The molecule has 23 heavy (non-hydrogen) atoms. The van der Waals surface area contributed by atoms with Crippen molar-refractivity contribution in [2.24, 2.45) is 0 Å². The van der Waals surface area contributed by atoms with Gasteiger partial charge in [0.2, 0.25) is 0 Å². The standard InChI is InChI=1S/C19H30N2O2/c1-15(2)17-6-4-16(5-7-17)8-11-21-12-9-18(10-13-21)20(3)14-19(22)23/h4-7,15,18H,8-14H2,1-3H3,(H,22,23). The van der Waals surface area contributed by atoms with Crippen molar-refractivity contribution in [1.82, 2.24) is 9.80 Å². The second kappa shape index (κ2) is 8.46. The Kier molecular flexibility index (Phi) is 6.60. The van der Waals surface area contributed by atoms with Crippen molar-refractivity contribution in [1.29, 1.82) is 0 Å². The maximum absolute atomic E-state index is 10.8. The van der Waals surface area contributed by atoms with Gasteiger partial charge in [0, 0.05) is 12.6 Å². The number of carboxylic acids is 1. The minimum Gasteiger partial charge on any atom is -0.480 e. The molecule has 1 aliphatic heterocycles. The van der Waals surface area contributed by atoms with Gasteiger partial charge in [0.25, 0.3) is 0 Å². The Balaban J connectivity index is 1.73. The lowest BCUT2D eigenvalue weighted by Gasteiger charge is -2.36. The summed E-state index contributed by atoms with van der Waals surface area (Å²) < 4.78 is 0. The van der Waals surface area contributed by atoms with Crippen LogP contribution in [-0.2, 0) is 11.2 Å². The van der Waals surface area contributed by atoms with Gasteiger partial charge in [-0.25, -0.2) is 0 Å². The molecule has 0 saturated carbocycles. The lowest BCUT2D eigenvalue weighted by molar-refractivity contribution is -0.138. The highest BCUT2D eigenvalue weighted by atomic mass is 16.4. The summed E-state index contributed by atoms with van der Waals surface area (Å²) in [4.78, 5) is 15.3. The first-order chi connectivity index (χ1) is 11.0. The number of aliphatic carboxylic acids is 1. The number of piperidine rings is 1. The molecule has 1 saturated heterocycles. The summed E-state index contributed by atoms with van der Waals surface area (Å²) in [7, 11) is 1.92. The summed E-state index contributed by atoms with van der Waals surface area (Å²) in [6.07, 6.45) is 3.22. The van der Waals surface area contributed by atoms with Crippen molar-refractivity contribution in [3.63, 3.8) is 0 Å². The molecule has 4 heteroatoms. The Morgan fingerprint density at radius 3 is 2.39 bits per heavy atom. The van der Waals surface area contributed by atoms with Crippen LogP contribution in [0.1, 0.15) is 43.7 Å². The second-order valence-electron chi connectivity index (χ2n) is 7.03. The highest BCUT2D eigenvalue weighted by molar-refractivity contribution is 5.69. The Morgan fingerprint density at radius 2 is 1.87 bits per heavy atom. The zero-order valence-electron chi connectivity index (χ0n) is 14.7. The number of hydrogen-bond acceptors (Lipinski definition) is 3. The molecule has 0 aromatic heterocycles. The monoisotopic (exact) mass is 318 g/mol. The number of rotatable bonds is 7. The molecule has 128 valence electrons. The van der Waals surface area contributed by atoms with Gasteiger partial charge in [-0.05, 0) is 56.4 Å². The molecule has 0 aliphatic carbocycles. The fraction of sp³-hybridized carbons (Fsp3) is 0.632. The third-order valence-corrected chi connectivity index (χ3v) is 4.93. The van der Waals surface area contributed by atoms with Crippen molar-refractivity contribution >= 4 is 5.97 Å². The zero-order chi connectivity index (χ0) is 16.8. The SMILES string of the molecule is CC(C)c1ccc(CCN2CCC(N(C)CC(=O)O)CC2)cc1. The van der Waals surface area contributed by atoms with Gasteiger partial charge in [0.05, 0.1) is 6.54 Å². The van der Waals surface area contributed by atoms with Crippen LogP contribution < -0.4 is 0 Å². The molecule has 0 bridgehead atoms. The first-order valence-corrected chi connectivity index (χ1v) is 8.69. The van der Waals surface area contributed by atoms with Crippen LogP contribution in [0.3, 0.4) is 0 Å². The minimum atomic E-state index is -0.736. The first kappa shape index (κ1) is 18.0. The first-order valence-electron chi connectivity index (χ1n) is 8.69. The zero-order valence-corrected chi connectivity index (χ0v) is 14.7. The van der Waals surface area contributed by atoms with E-state index < -0.39 is 5.97 Å². The average molecular weight is 318 g/mol.